The molecular weight excluding hydrogens is 246 g/mol. The highest BCUT2D eigenvalue weighted by molar-refractivity contribution is 5.82. The molecule has 110 valence electrons. The number of ether oxygens (including phenoxy) is 2. The summed E-state index contributed by atoms with van der Waals surface area (Å²) in [6.45, 7) is 10.1. The van der Waals surface area contributed by atoms with Gasteiger partial charge in [-0.25, -0.2) is 9.59 Å². The lowest BCUT2D eigenvalue weighted by Crippen LogP contribution is -2.53. The molecular formula is C14H25NO4. The van der Waals surface area contributed by atoms with E-state index in [0.29, 0.717) is 13.2 Å². The van der Waals surface area contributed by atoms with Crippen molar-refractivity contribution >= 4 is 12.1 Å². The van der Waals surface area contributed by atoms with Crippen LogP contribution in [-0.2, 0) is 14.3 Å². The lowest BCUT2D eigenvalue weighted by atomic mass is 9.91. The Hall–Kier alpha value is -1.26. The van der Waals surface area contributed by atoms with Crippen LogP contribution >= 0.6 is 0 Å². The van der Waals surface area contributed by atoms with E-state index in [9.17, 15) is 9.59 Å². The van der Waals surface area contributed by atoms with Crippen molar-refractivity contribution in [3.63, 3.8) is 0 Å². The standard InChI is InChI=1S/C14H25NO4/c1-6-18-12(16)11-10(2)8-7-9-15(11)13(17)19-14(3,4)5/h10-11H,6-9H2,1-5H3. The van der Waals surface area contributed by atoms with Gasteiger partial charge in [-0.3, -0.25) is 4.90 Å². The molecule has 0 spiro atoms. The van der Waals surface area contributed by atoms with Crippen molar-refractivity contribution in [1.82, 2.24) is 4.90 Å². The molecule has 5 heteroatoms. The third-order valence-corrected chi connectivity index (χ3v) is 3.09. The highest BCUT2D eigenvalue weighted by Crippen LogP contribution is 2.26. The van der Waals surface area contributed by atoms with Gasteiger partial charge in [-0.15, -0.1) is 0 Å². The van der Waals surface area contributed by atoms with E-state index in [0.717, 1.165) is 12.8 Å². The van der Waals surface area contributed by atoms with Crippen LogP contribution in [-0.4, -0.2) is 41.8 Å². The summed E-state index contributed by atoms with van der Waals surface area (Å²) in [5.41, 5.74) is -0.559. The highest BCUT2D eigenvalue weighted by Gasteiger charge is 2.39. The van der Waals surface area contributed by atoms with Crippen molar-refractivity contribution < 1.29 is 19.1 Å². The molecule has 0 aromatic carbocycles. The van der Waals surface area contributed by atoms with E-state index >= 15 is 0 Å². The van der Waals surface area contributed by atoms with Crippen molar-refractivity contribution in [3.8, 4) is 0 Å². The molecule has 5 nitrogen and oxygen atoms in total. The SMILES string of the molecule is CCOC(=O)C1C(C)CCCN1C(=O)OC(C)(C)C. The molecule has 19 heavy (non-hydrogen) atoms. The number of likely N-dealkylation sites (tertiary alicyclic amines) is 1. The van der Waals surface area contributed by atoms with E-state index in [4.69, 9.17) is 9.47 Å². The zero-order chi connectivity index (χ0) is 14.6. The van der Waals surface area contributed by atoms with Gasteiger partial charge in [-0.05, 0) is 46.5 Å². The summed E-state index contributed by atoms with van der Waals surface area (Å²) in [5.74, 6) is -0.235. The first-order chi connectivity index (χ1) is 8.76. The smallest absolute Gasteiger partial charge is 0.411 e. The van der Waals surface area contributed by atoms with Crippen LogP contribution in [0.2, 0.25) is 0 Å². The average Bonchev–Trinajstić information content (AvgIpc) is 2.26. The van der Waals surface area contributed by atoms with E-state index in [1.165, 1.54) is 4.90 Å². The van der Waals surface area contributed by atoms with Crippen LogP contribution in [0.15, 0.2) is 0 Å². The Bertz CT molecular complexity index is 335. The number of esters is 1. The fourth-order valence-corrected chi connectivity index (χ4v) is 2.30. The summed E-state index contributed by atoms with van der Waals surface area (Å²) < 4.78 is 10.4. The van der Waals surface area contributed by atoms with Crippen molar-refractivity contribution in [3.05, 3.63) is 0 Å². The molecule has 1 heterocycles. The number of carbonyl (C=O) groups is 2. The second kappa shape index (κ2) is 6.26. The number of hydrogen-bond donors (Lipinski definition) is 0. The molecule has 0 bridgehead atoms. The summed E-state index contributed by atoms with van der Waals surface area (Å²) in [6.07, 6.45) is 1.37. The van der Waals surface area contributed by atoms with Gasteiger partial charge in [0.1, 0.15) is 11.6 Å². The first-order valence-corrected chi connectivity index (χ1v) is 6.92. The minimum absolute atomic E-state index is 0.0975. The molecule has 1 saturated heterocycles. The maximum Gasteiger partial charge on any atom is 0.411 e. The number of amides is 1. The predicted octanol–water partition coefficient (Wildman–Crippen LogP) is 2.59. The minimum Gasteiger partial charge on any atom is -0.464 e. The number of nitrogens with zero attached hydrogens (tertiary/aromatic N) is 1. The Kier molecular flexibility index (Phi) is 5.20. The van der Waals surface area contributed by atoms with Gasteiger partial charge in [0, 0.05) is 6.54 Å². The summed E-state index contributed by atoms with van der Waals surface area (Å²) in [5, 5.41) is 0. The average molecular weight is 271 g/mol. The molecule has 0 aliphatic carbocycles. The third-order valence-electron chi connectivity index (χ3n) is 3.09. The van der Waals surface area contributed by atoms with Gasteiger partial charge in [0.25, 0.3) is 0 Å². The molecule has 0 radical (unpaired) electrons. The zero-order valence-corrected chi connectivity index (χ0v) is 12.6. The second-order valence-electron chi connectivity index (χ2n) is 5.99. The summed E-state index contributed by atoms with van der Waals surface area (Å²) in [4.78, 5) is 25.7. The minimum atomic E-state index is -0.559. The molecule has 0 saturated carbocycles. The zero-order valence-electron chi connectivity index (χ0n) is 12.6. The van der Waals surface area contributed by atoms with Crippen LogP contribution in [0, 0.1) is 5.92 Å². The van der Waals surface area contributed by atoms with E-state index in [-0.39, 0.29) is 11.9 Å². The molecule has 0 aromatic heterocycles. The van der Waals surface area contributed by atoms with Crippen LogP contribution in [0.25, 0.3) is 0 Å². The monoisotopic (exact) mass is 271 g/mol. The lowest BCUT2D eigenvalue weighted by molar-refractivity contribution is -0.152. The van der Waals surface area contributed by atoms with Gasteiger partial charge in [0.2, 0.25) is 0 Å². The predicted molar refractivity (Wildman–Crippen MR) is 71.8 cm³/mol. The van der Waals surface area contributed by atoms with E-state index in [1.807, 2.05) is 27.7 Å². The summed E-state index contributed by atoms with van der Waals surface area (Å²) >= 11 is 0. The third kappa shape index (κ3) is 4.40. The Morgan fingerprint density at radius 2 is 1.95 bits per heavy atom. The molecule has 0 N–H and O–H groups in total. The van der Waals surface area contributed by atoms with Crippen LogP contribution < -0.4 is 0 Å². The van der Waals surface area contributed by atoms with Crippen molar-refractivity contribution in [2.75, 3.05) is 13.2 Å². The fourth-order valence-electron chi connectivity index (χ4n) is 2.30. The Balaban J connectivity index is 2.82. The van der Waals surface area contributed by atoms with Gasteiger partial charge in [-0.1, -0.05) is 6.92 Å². The van der Waals surface area contributed by atoms with Crippen molar-refractivity contribution in [2.45, 2.75) is 59.1 Å². The lowest BCUT2D eigenvalue weighted by Gasteiger charge is -2.38. The first-order valence-electron chi connectivity index (χ1n) is 6.92. The number of hydrogen-bond acceptors (Lipinski definition) is 4. The maximum absolute atomic E-state index is 12.2. The summed E-state index contributed by atoms with van der Waals surface area (Å²) in [6, 6.07) is -0.524. The van der Waals surface area contributed by atoms with Gasteiger partial charge < -0.3 is 9.47 Å². The topological polar surface area (TPSA) is 55.8 Å². The van der Waals surface area contributed by atoms with Gasteiger partial charge in [-0.2, -0.15) is 0 Å². The molecule has 1 aliphatic heterocycles. The van der Waals surface area contributed by atoms with Crippen LogP contribution in [0.3, 0.4) is 0 Å². The Morgan fingerprint density at radius 1 is 1.32 bits per heavy atom. The summed E-state index contributed by atoms with van der Waals surface area (Å²) in [7, 11) is 0. The van der Waals surface area contributed by atoms with Gasteiger partial charge >= 0.3 is 12.1 Å². The fraction of sp³-hybridized carbons (Fsp3) is 0.857. The van der Waals surface area contributed by atoms with E-state index < -0.39 is 17.7 Å². The van der Waals surface area contributed by atoms with Crippen LogP contribution in [0.1, 0.15) is 47.5 Å². The Labute approximate surface area is 115 Å². The van der Waals surface area contributed by atoms with E-state index in [1.54, 1.807) is 6.92 Å². The molecule has 0 aromatic rings. The molecule has 1 amide bonds. The number of carbonyl (C=O) groups excluding carboxylic acids is 2. The van der Waals surface area contributed by atoms with Gasteiger partial charge in [0.15, 0.2) is 0 Å². The second-order valence-corrected chi connectivity index (χ2v) is 5.99. The molecule has 1 aliphatic rings. The molecule has 2 atom stereocenters. The first kappa shape index (κ1) is 15.8. The molecule has 2 unspecified atom stereocenters. The van der Waals surface area contributed by atoms with Crippen molar-refractivity contribution in [2.24, 2.45) is 5.92 Å². The highest BCUT2D eigenvalue weighted by atomic mass is 16.6. The number of piperidine rings is 1. The van der Waals surface area contributed by atoms with Crippen LogP contribution in [0.4, 0.5) is 4.79 Å². The largest absolute Gasteiger partial charge is 0.464 e. The molecule has 1 fully saturated rings. The maximum atomic E-state index is 12.2. The van der Waals surface area contributed by atoms with Crippen molar-refractivity contribution in [1.29, 1.82) is 0 Å². The number of rotatable bonds is 2. The Morgan fingerprint density at radius 3 is 2.47 bits per heavy atom. The molecule has 1 rings (SSSR count). The van der Waals surface area contributed by atoms with E-state index in [2.05, 4.69) is 0 Å². The van der Waals surface area contributed by atoms with Crippen LogP contribution in [0.5, 0.6) is 0 Å². The quantitative estimate of drug-likeness (QED) is 0.724. The van der Waals surface area contributed by atoms with Gasteiger partial charge in [0.05, 0.1) is 6.61 Å². The normalized spacial score (nSPS) is 23.9.